The molecule has 17 heavy (non-hydrogen) atoms. The third-order valence-electron chi connectivity index (χ3n) is 2.69. The van der Waals surface area contributed by atoms with E-state index in [0.717, 1.165) is 22.9 Å². The Balaban J connectivity index is 2.26. The van der Waals surface area contributed by atoms with Crippen molar-refractivity contribution in [3.05, 3.63) is 30.1 Å². The Labute approximate surface area is 102 Å². The van der Waals surface area contributed by atoms with Gasteiger partial charge in [0.2, 0.25) is 0 Å². The maximum absolute atomic E-state index is 4.17. The van der Waals surface area contributed by atoms with Crippen molar-refractivity contribution >= 4 is 5.69 Å². The van der Waals surface area contributed by atoms with Crippen LogP contribution in [-0.4, -0.2) is 20.8 Å². The van der Waals surface area contributed by atoms with Gasteiger partial charge < -0.3 is 9.88 Å². The SMILES string of the molecule is Cc1nnc(-c2ccc(NC(C)C)cc2)n1C. The standard InChI is InChI=1S/C13H18N4/c1-9(2)14-12-7-5-11(6-8-12)13-16-15-10(3)17(13)4/h5-9,14H,1-4H3. The molecule has 0 bridgehead atoms. The summed E-state index contributed by atoms with van der Waals surface area (Å²) in [5, 5.41) is 11.6. The molecule has 0 spiro atoms. The largest absolute Gasteiger partial charge is 0.383 e. The third kappa shape index (κ3) is 2.46. The van der Waals surface area contributed by atoms with Gasteiger partial charge in [-0.3, -0.25) is 0 Å². The molecule has 0 aliphatic heterocycles. The van der Waals surface area contributed by atoms with Crippen LogP contribution in [0.15, 0.2) is 24.3 Å². The molecule has 0 unspecified atom stereocenters. The molecule has 2 aromatic rings. The summed E-state index contributed by atoms with van der Waals surface area (Å²) >= 11 is 0. The summed E-state index contributed by atoms with van der Waals surface area (Å²) in [6.07, 6.45) is 0. The van der Waals surface area contributed by atoms with E-state index in [0.29, 0.717) is 6.04 Å². The lowest BCUT2D eigenvalue weighted by Crippen LogP contribution is -2.09. The molecule has 2 rings (SSSR count). The second kappa shape index (κ2) is 4.57. The Morgan fingerprint density at radius 2 is 1.76 bits per heavy atom. The van der Waals surface area contributed by atoms with E-state index >= 15 is 0 Å². The van der Waals surface area contributed by atoms with E-state index in [-0.39, 0.29) is 0 Å². The molecular weight excluding hydrogens is 212 g/mol. The molecule has 0 aliphatic rings. The zero-order valence-electron chi connectivity index (χ0n) is 10.7. The van der Waals surface area contributed by atoms with Gasteiger partial charge in [-0.1, -0.05) is 0 Å². The van der Waals surface area contributed by atoms with Crippen molar-refractivity contribution in [1.82, 2.24) is 14.8 Å². The number of hydrogen-bond acceptors (Lipinski definition) is 3. The van der Waals surface area contributed by atoms with Crippen LogP contribution < -0.4 is 5.32 Å². The van der Waals surface area contributed by atoms with E-state index in [2.05, 4.69) is 53.6 Å². The fourth-order valence-electron chi connectivity index (χ4n) is 1.71. The summed E-state index contributed by atoms with van der Waals surface area (Å²) in [4.78, 5) is 0. The number of rotatable bonds is 3. The van der Waals surface area contributed by atoms with Crippen molar-refractivity contribution in [3.63, 3.8) is 0 Å². The highest BCUT2D eigenvalue weighted by Gasteiger charge is 2.07. The fraction of sp³-hybridized carbons (Fsp3) is 0.385. The number of nitrogens with zero attached hydrogens (tertiary/aromatic N) is 3. The zero-order valence-corrected chi connectivity index (χ0v) is 10.7. The van der Waals surface area contributed by atoms with Gasteiger partial charge >= 0.3 is 0 Å². The molecule has 1 aromatic carbocycles. The Morgan fingerprint density at radius 1 is 1.12 bits per heavy atom. The lowest BCUT2D eigenvalue weighted by molar-refractivity contribution is 0.865. The van der Waals surface area contributed by atoms with Crippen LogP contribution in [0.5, 0.6) is 0 Å². The summed E-state index contributed by atoms with van der Waals surface area (Å²) in [7, 11) is 1.98. The molecule has 4 nitrogen and oxygen atoms in total. The molecule has 1 heterocycles. The van der Waals surface area contributed by atoms with Crippen molar-refractivity contribution in [3.8, 4) is 11.4 Å². The van der Waals surface area contributed by atoms with Crippen molar-refractivity contribution < 1.29 is 0 Å². The van der Waals surface area contributed by atoms with Crippen molar-refractivity contribution in [1.29, 1.82) is 0 Å². The summed E-state index contributed by atoms with van der Waals surface area (Å²) in [6.45, 7) is 6.20. The lowest BCUT2D eigenvalue weighted by atomic mass is 10.2. The van der Waals surface area contributed by atoms with Gasteiger partial charge in [0.05, 0.1) is 0 Å². The van der Waals surface area contributed by atoms with Crippen LogP contribution in [0.25, 0.3) is 11.4 Å². The van der Waals surface area contributed by atoms with Gasteiger partial charge in [-0.05, 0) is 45.0 Å². The number of benzene rings is 1. The van der Waals surface area contributed by atoms with Gasteiger partial charge in [0.15, 0.2) is 5.82 Å². The molecular formula is C13H18N4. The van der Waals surface area contributed by atoms with Crippen LogP contribution in [0.4, 0.5) is 5.69 Å². The first-order valence-corrected chi connectivity index (χ1v) is 5.81. The van der Waals surface area contributed by atoms with Crippen molar-refractivity contribution in [2.45, 2.75) is 26.8 Å². The number of nitrogens with one attached hydrogen (secondary N) is 1. The van der Waals surface area contributed by atoms with E-state index in [1.165, 1.54) is 0 Å². The molecule has 0 fully saturated rings. The zero-order chi connectivity index (χ0) is 12.4. The van der Waals surface area contributed by atoms with Crippen molar-refractivity contribution in [2.75, 3.05) is 5.32 Å². The Bertz CT molecular complexity index is 497. The molecule has 0 amide bonds. The van der Waals surface area contributed by atoms with Crippen LogP contribution in [0.1, 0.15) is 19.7 Å². The summed E-state index contributed by atoms with van der Waals surface area (Å²) in [6, 6.07) is 8.71. The summed E-state index contributed by atoms with van der Waals surface area (Å²) in [5.41, 5.74) is 2.21. The topological polar surface area (TPSA) is 42.7 Å². The molecule has 0 atom stereocenters. The second-order valence-corrected chi connectivity index (χ2v) is 4.51. The van der Waals surface area contributed by atoms with Gasteiger partial charge in [0.1, 0.15) is 5.82 Å². The molecule has 0 saturated carbocycles. The predicted molar refractivity (Wildman–Crippen MR) is 69.9 cm³/mol. The first kappa shape index (κ1) is 11.6. The lowest BCUT2D eigenvalue weighted by Gasteiger charge is -2.10. The van der Waals surface area contributed by atoms with Gasteiger partial charge in [-0.2, -0.15) is 0 Å². The van der Waals surface area contributed by atoms with Gasteiger partial charge in [0.25, 0.3) is 0 Å². The molecule has 1 N–H and O–H groups in total. The molecule has 0 saturated heterocycles. The van der Waals surface area contributed by atoms with Gasteiger partial charge in [-0.25, -0.2) is 0 Å². The summed E-state index contributed by atoms with van der Waals surface area (Å²) in [5.74, 6) is 1.82. The first-order chi connectivity index (χ1) is 8.08. The number of aromatic nitrogens is 3. The highest BCUT2D eigenvalue weighted by atomic mass is 15.3. The molecule has 1 aromatic heterocycles. The average Bonchev–Trinajstić information content (AvgIpc) is 2.60. The normalized spacial score (nSPS) is 10.9. The van der Waals surface area contributed by atoms with Crippen LogP contribution >= 0.6 is 0 Å². The minimum Gasteiger partial charge on any atom is -0.383 e. The first-order valence-electron chi connectivity index (χ1n) is 5.81. The van der Waals surface area contributed by atoms with Crippen LogP contribution in [0.2, 0.25) is 0 Å². The average molecular weight is 230 g/mol. The molecule has 0 aliphatic carbocycles. The smallest absolute Gasteiger partial charge is 0.163 e. The number of hydrogen-bond donors (Lipinski definition) is 1. The second-order valence-electron chi connectivity index (χ2n) is 4.51. The fourth-order valence-corrected chi connectivity index (χ4v) is 1.71. The van der Waals surface area contributed by atoms with Crippen LogP contribution in [0.3, 0.4) is 0 Å². The minimum atomic E-state index is 0.443. The highest BCUT2D eigenvalue weighted by molar-refractivity contribution is 5.60. The maximum Gasteiger partial charge on any atom is 0.163 e. The van der Waals surface area contributed by atoms with E-state index in [9.17, 15) is 0 Å². The van der Waals surface area contributed by atoms with E-state index in [1.807, 2.05) is 18.5 Å². The summed E-state index contributed by atoms with van der Waals surface area (Å²) < 4.78 is 1.99. The monoisotopic (exact) mass is 230 g/mol. The molecule has 4 heteroatoms. The Kier molecular flexibility index (Phi) is 3.13. The Morgan fingerprint density at radius 3 is 2.24 bits per heavy atom. The van der Waals surface area contributed by atoms with E-state index < -0.39 is 0 Å². The molecule has 90 valence electrons. The van der Waals surface area contributed by atoms with E-state index in [4.69, 9.17) is 0 Å². The quantitative estimate of drug-likeness (QED) is 0.881. The maximum atomic E-state index is 4.17. The number of aryl methyl sites for hydroxylation is 1. The van der Waals surface area contributed by atoms with Crippen LogP contribution in [-0.2, 0) is 7.05 Å². The van der Waals surface area contributed by atoms with Gasteiger partial charge in [0, 0.05) is 24.3 Å². The highest BCUT2D eigenvalue weighted by Crippen LogP contribution is 2.19. The number of anilines is 1. The van der Waals surface area contributed by atoms with Crippen LogP contribution in [0, 0.1) is 6.92 Å². The Hall–Kier alpha value is -1.84. The van der Waals surface area contributed by atoms with Crippen molar-refractivity contribution in [2.24, 2.45) is 7.05 Å². The van der Waals surface area contributed by atoms with Gasteiger partial charge in [-0.15, -0.1) is 10.2 Å². The van der Waals surface area contributed by atoms with E-state index in [1.54, 1.807) is 0 Å². The predicted octanol–water partition coefficient (Wildman–Crippen LogP) is 2.61. The minimum absolute atomic E-state index is 0.443. The molecule has 0 radical (unpaired) electrons. The third-order valence-corrected chi connectivity index (χ3v) is 2.69.